The van der Waals surface area contributed by atoms with Gasteiger partial charge >= 0.3 is 6.03 Å². The Bertz CT molecular complexity index is 934. The molecule has 5 heteroatoms. The number of carbonyl (C=O) groups excluding carboxylic acids is 1. The van der Waals surface area contributed by atoms with Gasteiger partial charge in [0.05, 0.1) is 12.2 Å². The number of rotatable bonds is 10. The van der Waals surface area contributed by atoms with Crippen molar-refractivity contribution in [2.75, 3.05) is 6.61 Å². The molecule has 0 aromatic carbocycles. The van der Waals surface area contributed by atoms with Crippen LogP contribution in [0.15, 0.2) is 12.7 Å². The maximum absolute atomic E-state index is 13.1. The Hall–Kier alpha value is -1.07. The van der Waals surface area contributed by atoms with Crippen LogP contribution in [-0.4, -0.2) is 41.5 Å². The fourth-order valence-electron chi connectivity index (χ4n) is 11.5. The van der Waals surface area contributed by atoms with Gasteiger partial charge in [0.25, 0.3) is 0 Å². The van der Waals surface area contributed by atoms with Gasteiger partial charge in [0.1, 0.15) is 0 Å². The van der Waals surface area contributed by atoms with Gasteiger partial charge in [-0.15, -0.1) is 6.58 Å². The molecule has 3 N–H and O–H groups in total. The normalized spacial score (nSPS) is 44.2. The minimum atomic E-state index is -0.180. The summed E-state index contributed by atoms with van der Waals surface area (Å²) in [7, 11) is 0. The summed E-state index contributed by atoms with van der Waals surface area (Å²) in [6, 6.07) is 0.307. The lowest BCUT2D eigenvalue weighted by atomic mass is 9.44. The molecule has 12 atom stereocenters. The van der Waals surface area contributed by atoms with E-state index < -0.39 is 0 Å². The Morgan fingerprint density at radius 1 is 1.10 bits per heavy atom. The van der Waals surface area contributed by atoms with E-state index in [4.69, 9.17) is 4.74 Å². The van der Waals surface area contributed by atoms with Crippen molar-refractivity contribution in [3.05, 3.63) is 12.7 Å². The van der Waals surface area contributed by atoms with Crippen LogP contribution in [0.25, 0.3) is 0 Å². The quantitative estimate of drug-likeness (QED) is 0.234. The molecule has 0 aromatic heterocycles. The highest BCUT2D eigenvalue weighted by atomic mass is 16.5. The fraction of sp³-hybridized carbons (Fsp3) is 0.917. The van der Waals surface area contributed by atoms with Gasteiger partial charge in [0.2, 0.25) is 0 Å². The van der Waals surface area contributed by atoms with Crippen LogP contribution in [0.5, 0.6) is 0 Å². The van der Waals surface area contributed by atoms with Crippen molar-refractivity contribution < 1.29 is 14.6 Å². The van der Waals surface area contributed by atoms with Crippen LogP contribution in [0.3, 0.4) is 0 Å². The lowest BCUT2D eigenvalue weighted by Gasteiger charge is -2.61. The average Bonchev–Trinajstić information content (AvgIpc) is 3.44. The maximum Gasteiger partial charge on any atom is 0.315 e. The zero-order valence-corrected chi connectivity index (χ0v) is 27.2. The van der Waals surface area contributed by atoms with Gasteiger partial charge < -0.3 is 20.5 Å². The summed E-state index contributed by atoms with van der Waals surface area (Å²) >= 11 is 0. The summed E-state index contributed by atoms with van der Waals surface area (Å²) in [6.07, 6.45) is 17.8. The van der Waals surface area contributed by atoms with Gasteiger partial charge in [-0.05, 0) is 136 Å². The van der Waals surface area contributed by atoms with Crippen LogP contribution >= 0.6 is 0 Å². The highest BCUT2D eigenvalue weighted by Gasteiger charge is 2.65. The standard InChI is InChI=1S/C36H62N2O3/c1-8-17-36(9-2,10-3)38-33(40)37-26-15-18-34(6)25(20-26)12-13-27-28(34)16-19-35(7)29(27)21-31-32(35)24(5)30(41-31)14-11-23(4)22-39/h8,23-32,39H,1,9-22H2,2-7H3,(H2,37,38,40)/t23-,24+,25+,26+,27+,28?,29?,30+,31-,32?,34-,35-/m0/s1. The van der Waals surface area contributed by atoms with Crippen molar-refractivity contribution in [2.24, 2.45) is 52.3 Å². The third-order valence-corrected chi connectivity index (χ3v) is 14.1. The summed E-state index contributed by atoms with van der Waals surface area (Å²) in [6.45, 7) is 18.4. The Morgan fingerprint density at radius 2 is 1.83 bits per heavy atom. The smallest absolute Gasteiger partial charge is 0.315 e. The molecule has 5 rings (SSSR count). The summed E-state index contributed by atoms with van der Waals surface area (Å²) < 4.78 is 6.84. The molecular formula is C36H62N2O3. The molecular weight excluding hydrogens is 508 g/mol. The summed E-state index contributed by atoms with van der Waals surface area (Å²) in [4.78, 5) is 13.1. The minimum Gasteiger partial charge on any atom is -0.396 e. The molecule has 0 aromatic rings. The van der Waals surface area contributed by atoms with E-state index in [1.807, 2.05) is 6.08 Å². The first kappa shape index (κ1) is 31.4. The highest BCUT2D eigenvalue weighted by Crippen LogP contribution is 2.70. The molecule has 4 aliphatic carbocycles. The molecule has 3 unspecified atom stereocenters. The number of aliphatic hydroxyl groups excluding tert-OH is 1. The van der Waals surface area contributed by atoms with Crippen LogP contribution in [-0.2, 0) is 4.74 Å². The van der Waals surface area contributed by atoms with Gasteiger partial charge in [0, 0.05) is 18.2 Å². The molecule has 41 heavy (non-hydrogen) atoms. The van der Waals surface area contributed by atoms with E-state index in [0.29, 0.717) is 46.8 Å². The van der Waals surface area contributed by atoms with Crippen molar-refractivity contribution in [3.8, 4) is 0 Å². The largest absolute Gasteiger partial charge is 0.396 e. The SMILES string of the molecule is C=CCC(CC)(CC)NC(=O)N[C@@H]1CC[C@]2(C)C3CC[C@@]4(C)C(C[C@@H]5O[C@H](CC[C@H](C)CO)[C@@H](C)C54)[C@@H]3CC[C@@H]2C1. The fourth-order valence-corrected chi connectivity index (χ4v) is 11.5. The molecule has 5 aliphatic rings. The van der Waals surface area contributed by atoms with Crippen molar-refractivity contribution in [1.82, 2.24) is 10.6 Å². The van der Waals surface area contributed by atoms with Crippen molar-refractivity contribution >= 4 is 6.03 Å². The number of aliphatic hydroxyl groups is 1. The van der Waals surface area contributed by atoms with Crippen LogP contribution in [0.1, 0.15) is 125 Å². The number of carbonyl (C=O) groups is 1. The van der Waals surface area contributed by atoms with Crippen molar-refractivity contribution in [3.63, 3.8) is 0 Å². The first-order valence-corrected chi connectivity index (χ1v) is 17.5. The van der Waals surface area contributed by atoms with Crippen LogP contribution in [0.2, 0.25) is 0 Å². The second-order valence-electron chi connectivity index (χ2n) is 16.0. The molecule has 1 aliphatic heterocycles. The minimum absolute atomic E-state index is 0.0158. The van der Waals surface area contributed by atoms with E-state index in [-0.39, 0.29) is 18.2 Å². The molecule has 1 saturated heterocycles. The van der Waals surface area contributed by atoms with E-state index in [0.717, 1.165) is 68.6 Å². The third-order valence-electron chi connectivity index (χ3n) is 14.1. The lowest BCUT2D eigenvalue weighted by Crippen LogP contribution is -2.57. The molecule has 4 saturated carbocycles. The van der Waals surface area contributed by atoms with Crippen LogP contribution in [0, 0.1) is 52.3 Å². The molecule has 5 nitrogen and oxygen atoms in total. The van der Waals surface area contributed by atoms with E-state index in [2.05, 4.69) is 58.8 Å². The number of urea groups is 1. The number of hydrogen-bond donors (Lipinski definition) is 3. The second kappa shape index (κ2) is 12.1. The first-order chi connectivity index (χ1) is 19.5. The van der Waals surface area contributed by atoms with Crippen molar-refractivity contribution in [1.29, 1.82) is 0 Å². The zero-order chi connectivity index (χ0) is 29.6. The van der Waals surface area contributed by atoms with E-state index in [9.17, 15) is 9.90 Å². The molecule has 234 valence electrons. The van der Waals surface area contributed by atoms with Gasteiger partial charge in [-0.2, -0.15) is 0 Å². The monoisotopic (exact) mass is 570 g/mol. The number of amides is 2. The maximum atomic E-state index is 13.1. The molecule has 1 heterocycles. The molecule has 0 bridgehead atoms. The zero-order valence-electron chi connectivity index (χ0n) is 27.2. The van der Waals surface area contributed by atoms with E-state index in [1.165, 1.54) is 38.5 Å². The van der Waals surface area contributed by atoms with Gasteiger partial charge in [-0.3, -0.25) is 0 Å². The number of fused-ring (bicyclic) bond motifs is 7. The summed E-state index contributed by atoms with van der Waals surface area (Å²) in [5, 5.41) is 16.3. The Labute approximate surface area is 251 Å². The number of nitrogens with one attached hydrogen (secondary N) is 2. The average molecular weight is 571 g/mol. The first-order valence-electron chi connectivity index (χ1n) is 17.5. The van der Waals surface area contributed by atoms with Gasteiger partial charge in [0.15, 0.2) is 0 Å². The van der Waals surface area contributed by atoms with Crippen molar-refractivity contribution in [2.45, 2.75) is 149 Å². The van der Waals surface area contributed by atoms with Gasteiger partial charge in [-0.1, -0.05) is 47.6 Å². The predicted molar refractivity (Wildman–Crippen MR) is 167 cm³/mol. The topological polar surface area (TPSA) is 70.6 Å². The molecule has 0 radical (unpaired) electrons. The molecule has 5 fully saturated rings. The Kier molecular flexibility index (Phi) is 9.28. The highest BCUT2D eigenvalue weighted by molar-refractivity contribution is 5.75. The predicted octanol–water partition coefficient (Wildman–Crippen LogP) is 7.87. The number of ether oxygens (including phenoxy) is 1. The van der Waals surface area contributed by atoms with Crippen LogP contribution < -0.4 is 10.6 Å². The second-order valence-corrected chi connectivity index (χ2v) is 16.0. The number of hydrogen-bond acceptors (Lipinski definition) is 3. The Balaban J connectivity index is 1.21. The van der Waals surface area contributed by atoms with Crippen LogP contribution in [0.4, 0.5) is 4.79 Å². The van der Waals surface area contributed by atoms with E-state index in [1.54, 1.807) is 0 Å². The van der Waals surface area contributed by atoms with E-state index >= 15 is 0 Å². The molecule has 2 amide bonds. The molecule has 0 spiro atoms. The summed E-state index contributed by atoms with van der Waals surface area (Å²) in [5.74, 6) is 4.89. The summed E-state index contributed by atoms with van der Waals surface area (Å²) in [5.41, 5.74) is 0.644. The Morgan fingerprint density at radius 3 is 2.51 bits per heavy atom. The lowest BCUT2D eigenvalue weighted by molar-refractivity contribution is -0.118. The third kappa shape index (κ3) is 5.54. The van der Waals surface area contributed by atoms with Gasteiger partial charge in [-0.25, -0.2) is 4.79 Å².